The highest BCUT2D eigenvalue weighted by atomic mass is 16.6. The number of hydrogen-bond donors (Lipinski definition) is 5. The molecule has 0 fully saturated rings. The summed E-state index contributed by atoms with van der Waals surface area (Å²) in [4.78, 5) is 0. The molecule has 200 valence electrons. The molecule has 0 spiro atoms. The number of ether oxygens (including phenoxy) is 4. The molecule has 9 heteroatoms. The standard InChI is InChI=1S/C24H50O9/c1-2-3-4-5-6-7-8-9-10-11-12-30-17-23(29)18-33-24(19-31-15-21(27)13-25)20-32-16-22(28)14-26/h21-29H,2-20H2,1H3. The molecule has 0 saturated heterocycles. The van der Waals surface area contributed by atoms with Gasteiger partial charge in [0, 0.05) is 6.61 Å². The third kappa shape index (κ3) is 23.2. The Hall–Kier alpha value is -0.360. The average molecular weight is 483 g/mol. The second kappa shape index (κ2) is 24.8. The van der Waals surface area contributed by atoms with Gasteiger partial charge in [-0.3, -0.25) is 0 Å². The van der Waals surface area contributed by atoms with Crippen molar-refractivity contribution in [3.63, 3.8) is 0 Å². The van der Waals surface area contributed by atoms with Gasteiger partial charge in [-0.2, -0.15) is 0 Å². The Bertz CT molecular complexity index is 371. The van der Waals surface area contributed by atoms with Crippen molar-refractivity contribution in [2.75, 3.05) is 59.5 Å². The lowest BCUT2D eigenvalue weighted by Crippen LogP contribution is -2.34. The van der Waals surface area contributed by atoms with E-state index in [1.54, 1.807) is 0 Å². The predicted octanol–water partition coefficient (Wildman–Crippen LogP) is 1.41. The van der Waals surface area contributed by atoms with Gasteiger partial charge in [-0.1, -0.05) is 64.7 Å². The van der Waals surface area contributed by atoms with Crippen molar-refractivity contribution in [3.8, 4) is 0 Å². The summed E-state index contributed by atoms with van der Waals surface area (Å²) < 4.78 is 21.8. The molecule has 0 aromatic carbocycles. The summed E-state index contributed by atoms with van der Waals surface area (Å²) in [5.74, 6) is 0. The third-order valence-electron chi connectivity index (χ3n) is 5.13. The molecular weight excluding hydrogens is 432 g/mol. The maximum absolute atomic E-state index is 10.1. The first-order valence-corrected chi connectivity index (χ1v) is 12.6. The fourth-order valence-electron chi connectivity index (χ4n) is 3.13. The van der Waals surface area contributed by atoms with Crippen LogP contribution in [-0.2, 0) is 18.9 Å². The molecule has 0 amide bonds. The number of rotatable bonds is 26. The van der Waals surface area contributed by atoms with Gasteiger partial charge >= 0.3 is 0 Å². The van der Waals surface area contributed by atoms with Crippen molar-refractivity contribution in [2.45, 2.75) is 95.5 Å². The van der Waals surface area contributed by atoms with Crippen LogP contribution in [0.25, 0.3) is 0 Å². The smallest absolute Gasteiger partial charge is 0.104 e. The van der Waals surface area contributed by atoms with Crippen LogP contribution >= 0.6 is 0 Å². The van der Waals surface area contributed by atoms with Gasteiger partial charge in [0.25, 0.3) is 0 Å². The van der Waals surface area contributed by atoms with Gasteiger partial charge in [0.05, 0.1) is 52.9 Å². The summed E-state index contributed by atoms with van der Waals surface area (Å²) in [6.45, 7) is 2.30. The topological polar surface area (TPSA) is 138 Å². The quantitative estimate of drug-likeness (QED) is 0.116. The summed E-state index contributed by atoms with van der Waals surface area (Å²) in [7, 11) is 0. The van der Waals surface area contributed by atoms with E-state index in [0.717, 1.165) is 12.8 Å². The molecule has 0 aromatic heterocycles. The highest BCUT2D eigenvalue weighted by Gasteiger charge is 2.15. The molecule has 3 unspecified atom stereocenters. The summed E-state index contributed by atoms with van der Waals surface area (Å²) >= 11 is 0. The van der Waals surface area contributed by atoms with Gasteiger partial charge in [0.2, 0.25) is 0 Å². The summed E-state index contributed by atoms with van der Waals surface area (Å²) in [6, 6.07) is 0. The number of unbranched alkanes of at least 4 members (excludes halogenated alkanes) is 9. The molecule has 0 aliphatic heterocycles. The summed E-state index contributed by atoms with van der Waals surface area (Å²) in [6.07, 6.45) is 9.32. The lowest BCUT2D eigenvalue weighted by molar-refractivity contribution is -0.108. The fraction of sp³-hybridized carbons (Fsp3) is 1.00. The van der Waals surface area contributed by atoms with Crippen molar-refractivity contribution in [1.29, 1.82) is 0 Å². The van der Waals surface area contributed by atoms with Gasteiger partial charge < -0.3 is 44.5 Å². The van der Waals surface area contributed by atoms with Gasteiger partial charge in [-0.25, -0.2) is 0 Å². The molecule has 0 heterocycles. The van der Waals surface area contributed by atoms with Crippen LogP contribution in [0.5, 0.6) is 0 Å². The van der Waals surface area contributed by atoms with Gasteiger partial charge in [0.15, 0.2) is 0 Å². The Morgan fingerprint density at radius 1 is 0.515 bits per heavy atom. The maximum Gasteiger partial charge on any atom is 0.104 e. The van der Waals surface area contributed by atoms with E-state index >= 15 is 0 Å². The minimum absolute atomic E-state index is 0.0283. The molecule has 5 N–H and O–H groups in total. The molecule has 0 radical (unpaired) electrons. The number of aliphatic hydroxyl groups excluding tert-OH is 5. The van der Waals surface area contributed by atoms with E-state index in [1.807, 2.05) is 0 Å². The second-order valence-electron chi connectivity index (χ2n) is 8.61. The molecule has 0 aliphatic rings. The van der Waals surface area contributed by atoms with Crippen LogP contribution in [0.1, 0.15) is 71.1 Å². The van der Waals surface area contributed by atoms with E-state index in [0.29, 0.717) is 6.61 Å². The number of hydrogen-bond acceptors (Lipinski definition) is 9. The van der Waals surface area contributed by atoms with Crippen LogP contribution in [0.4, 0.5) is 0 Å². The van der Waals surface area contributed by atoms with Crippen LogP contribution in [0.15, 0.2) is 0 Å². The summed E-state index contributed by atoms with van der Waals surface area (Å²) in [5, 5.41) is 46.4. The molecule has 0 aromatic rings. The fourth-order valence-corrected chi connectivity index (χ4v) is 3.13. The highest BCUT2D eigenvalue weighted by molar-refractivity contribution is 4.62. The van der Waals surface area contributed by atoms with Crippen LogP contribution < -0.4 is 0 Å². The SMILES string of the molecule is CCCCCCCCCCCCOCC(O)COC(COCC(O)CO)COCC(O)CO. The zero-order chi connectivity index (χ0) is 24.6. The summed E-state index contributed by atoms with van der Waals surface area (Å²) in [5.41, 5.74) is 0. The van der Waals surface area contributed by atoms with E-state index in [2.05, 4.69) is 6.92 Å². The molecule has 3 atom stereocenters. The zero-order valence-electron chi connectivity index (χ0n) is 20.6. The zero-order valence-corrected chi connectivity index (χ0v) is 20.6. The van der Waals surface area contributed by atoms with E-state index in [1.165, 1.54) is 51.4 Å². The lowest BCUT2D eigenvalue weighted by Gasteiger charge is -2.21. The average Bonchev–Trinajstić information content (AvgIpc) is 2.82. The van der Waals surface area contributed by atoms with Crippen molar-refractivity contribution >= 4 is 0 Å². The largest absolute Gasteiger partial charge is 0.394 e. The van der Waals surface area contributed by atoms with Gasteiger partial charge in [-0.15, -0.1) is 0 Å². The molecular formula is C24H50O9. The molecule has 0 rings (SSSR count). The first kappa shape index (κ1) is 32.6. The van der Waals surface area contributed by atoms with Crippen LogP contribution in [-0.4, -0.2) is 109 Å². The normalized spacial score (nSPS) is 15.5. The first-order chi connectivity index (χ1) is 16.0. The Balaban J connectivity index is 3.83. The van der Waals surface area contributed by atoms with Crippen molar-refractivity contribution < 1.29 is 44.5 Å². The van der Waals surface area contributed by atoms with Gasteiger partial charge in [0.1, 0.15) is 24.4 Å². The molecule has 0 aliphatic carbocycles. The maximum atomic E-state index is 10.1. The Morgan fingerprint density at radius 3 is 1.45 bits per heavy atom. The Morgan fingerprint density at radius 2 is 0.970 bits per heavy atom. The molecule has 33 heavy (non-hydrogen) atoms. The monoisotopic (exact) mass is 482 g/mol. The van der Waals surface area contributed by atoms with E-state index in [4.69, 9.17) is 29.2 Å². The second-order valence-corrected chi connectivity index (χ2v) is 8.61. The van der Waals surface area contributed by atoms with Crippen molar-refractivity contribution in [1.82, 2.24) is 0 Å². The van der Waals surface area contributed by atoms with Crippen molar-refractivity contribution in [3.05, 3.63) is 0 Å². The lowest BCUT2D eigenvalue weighted by atomic mass is 10.1. The highest BCUT2D eigenvalue weighted by Crippen LogP contribution is 2.10. The van der Waals surface area contributed by atoms with E-state index < -0.39 is 37.6 Å². The minimum Gasteiger partial charge on any atom is -0.394 e. The van der Waals surface area contributed by atoms with E-state index in [9.17, 15) is 15.3 Å². The molecule has 0 saturated carbocycles. The molecule has 9 nitrogen and oxygen atoms in total. The van der Waals surface area contributed by atoms with Crippen LogP contribution in [0.3, 0.4) is 0 Å². The Labute approximate surface area is 200 Å². The van der Waals surface area contributed by atoms with Crippen molar-refractivity contribution in [2.24, 2.45) is 0 Å². The predicted molar refractivity (Wildman–Crippen MR) is 126 cm³/mol. The molecule has 0 bridgehead atoms. The Kier molecular flexibility index (Phi) is 24.5. The number of aliphatic hydroxyl groups is 5. The van der Waals surface area contributed by atoms with Crippen LogP contribution in [0, 0.1) is 0 Å². The first-order valence-electron chi connectivity index (χ1n) is 12.6. The third-order valence-corrected chi connectivity index (χ3v) is 5.13. The minimum atomic E-state index is -0.979. The van der Waals surface area contributed by atoms with Crippen LogP contribution in [0.2, 0.25) is 0 Å². The van der Waals surface area contributed by atoms with Gasteiger partial charge in [-0.05, 0) is 6.42 Å². The van der Waals surface area contributed by atoms with E-state index in [-0.39, 0.29) is 39.6 Å².